The normalized spacial score (nSPS) is 19.9. The summed E-state index contributed by atoms with van der Waals surface area (Å²) in [6.45, 7) is 16.6. The first kappa shape index (κ1) is 23.8. The van der Waals surface area contributed by atoms with E-state index < -0.39 is 0 Å². The Labute approximate surface area is 166 Å². The zero-order chi connectivity index (χ0) is 19.6. The van der Waals surface area contributed by atoms with Crippen LogP contribution in [0.2, 0.25) is 0 Å². The van der Waals surface area contributed by atoms with Gasteiger partial charge in [-0.15, -0.1) is 0 Å². The predicted molar refractivity (Wildman–Crippen MR) is 120 cm³/mol. The molecule has 0 bridgehead atoms. The van der Waals surface area contributed by atoms with E-state index in [2.05, 4.69) is 54.5 Å². The fourth-order valence-corrected chi connectivity index (χ4v) is 4.32. The van der Waals surface area contributed by atoms with Crippen molar-refractivity contribution in [2.75, 3.05) is 0 Å². The van der Waals surface area contributed by atoms with E-state index in [1.807, 2.05) is 0 Å². The van der Waals surface area contributed by atoms with Crippen molar-refractivity contribution in [3.05, 3.63) is 11.6 Å². The molecule has 0 heterocycles. The molecule has 1 fully saturated rings. The number of hydrogen-bond donors (Lipinski definition) is 0. The van der Waals surface area contributed by atoms with E-state index in [1.165, 1.54) is 77.0 Å². The van der Waals surface area contributed by atoms with Gasteiger partial charge in [0.15, 0.2) is 0 Å². The van der Waals surface area contributed by atoms with Crippen molar-refractivity contribution in [2.45, 2.75) is 126 Å². The molecule has 1 aliphatic carbocycles. The summed E-state index contributed by atoms with van der Waals surface area (Å²) < 4.78 is 0. The minimum atomic E-state index is 0.473. The molecule has 0 heteroatoms. The Morgan fingerprint density at radius 3 is 2.12 bits per heavy atom. The van der Waals surface area contributed by atoms with Crippen LogP contribution in [0.4, 0.5) is 0 Å². The molecule has 0 aliphatic heterocycles. The lowest BCUT2D eigenvalue weighted by Crippen LogP contribution is -2.22. The quantitative estimate of drug-likeness (QED) is 0.226. The smallest absolute Gasteiger partial charge is 0.0323 e. The first-order valence-electron chi connectivity index (χ1n) is 11.9. The number of allylic oxidation sites excluding steroid dienone is 2. The molecular weight excluding hydrogens is 312 g/mol. The Bertz CT molecular complexity index is 379. The molecular formula is C26H50. The summed E-state index contributed by atoms with van der Waals surface area (Å²) in [4.78, 5) is 0. The lowest BCUT2D eigenvalue weighted by molar-refractivity contribution is 0.175. The average Bonchev–Trinajstić information content (AvgIpc) is 2.53. The molecule has 26 heavy (non-hydrogen) atoms. The maximum absolute atomic E-state index is 2.49. The topological polar surface area (TPSA) is 0 Å². The molecule has 0 radical (unpaired) electrons. The number of unbranched alkanes of at least 4 members (excludes halogenated alkanes) is 1. The van der Waals surface area contributed by atoms with Gasteiger partial charge in [0.1, 0.15) is 0 Å². The zero-order valence-electron chi connectivity index (χ0n) is 19.4. The molecule has 1 aliphatic rings. The van der Waals surface area contributed by atoms with E-state index >= 15 is 0 Å². The first-order valence-corrected chi connectivity index (χ1v) is 11.9. The van der Waals surface area contributed by atoms with Crippen molar-refractivity contribution in [2.24, 2.45) is 29.1 Å². The average molecular weight is 363 g/mol. The molecule has 1 rings (SSSR count). The third-order valence-electron chi connectivity index (χ3n) is 7.55. The molecule has 0 aromatic rings. The fraction of sp³-hybridized carbons (Fsp3) is 0.923. The molecule has 1 saturated carbocycles. The van der Waals surface area contributed by atoms with E-state index in [0.717, 1.165) is 23.7 Å². The summed E-state index contributed by atoms with van der Waals surface area (Å²) in [6.07, 6.45) is 19.8. The zero-order valence-corrected chi connectivity index (χ0v) is 19.4. The maximum atomic E-state index is 2.49. The van der Waals surface area contributed by atoms with E-state index in [-0.39, 0.29) is 0 Å². The van der Waals surface area contributed by atoms with Gasteiger partial charge in [0.2, 0.25) is 0 Å². The second-order valence-electron chi connectivity index (χ2n) is 10.7. The minimum absolute atomic E-state index is 0.473. The Morgan fingerprint density at radius 2 is 1.58 bits per heavy atom. The van der Waals surface area contributed by atoms with Crippen LogP contribution in [-0.4, -0.2) is 0 Å². The van der Waals surface area contributed by atoms with Crippen LogP contribution in [0.1, 0.15) is 126 Å². The maximum Gasteiger partial charge on any atom is -0.0323 e. The van der Waals surface area contributed by atoms with Gasteiger partial charge in [0, 0.05) is 0 Å². The largest absolute Gasteiger partial charge is 0.0887 e. The van der Waals surface area contributed by atoms with Crippen LogP contribution in [-0.2, 0) is 0 Å². The minimum Gasteiger partial charge on any atom is -0.0887 e. The first-order chi connectivity index (χ1) is 12.2. The van der Waals surface area contributed by atoms with Crippen LogP contribution in [0.5, 0.6) is 0 Å². The van der Waals surface area contributed by atoms with Crippen molar-refractivity contribution in [1.29, 1.82) is 0 Å². The molecule has 154 valence electrons. The number of hydrogen-bond acceptors (Lipinski definition) is 0. The molecule has 0 nitrogen and oxygen atoms in total. The van der Waals surface area contributed by atoms with Gasteiger partial charge in [-0.25, -0.2) is 0 Å². The second-order valence-corrected chi connectivity index (χ2v) is 10.7. The molecule has 0 aromatic heterocycles. The van der Waals surface area contributed by atoms with Gasteiger partial charge in [-0.05, 0) is 62.2 Å². The SMILES string of the molecule is CC=C(C)CCCCC(CCCC(C)CCC(C)C(C)(C)C)C1CCC1. The molecule has 0 spiro atoms. The van der Waals surface area contributed by atoms with Crippen LogP contribution < -0.4 is 0 Å². The van der Waals surface area contributed by atoms with Crippen molar-refractivity contribution < 1.29 is 0 Å². The van der Waals surface area contributed by atoms with Gasteiger partial charge in [0.25, 0.3) is 0 Å². The van der Waals surface area contributed by atoms with Gasteiger partial charge in [0.05, 0.1) is 0 Å². The van der Waals surface area contributed by atoms with Crippen LogP contribution in [0, 0.1) is 29.1 Å². The summed E-state index contributed by atoms with van der Waals surface area (Å²) >= 11 is 0. The predicted octanol–water partition coefficient (Wildman–Crippen LogP) is 9.20. The molecule has 0 N–H and O–H groups in total. The fourth-order valence-electron chi connectivity index (χ4n) is 4.32. The molecule has 0 aromatic carbocycles. The summed E-state index contributed by atoms with van der Waals surface area (Å²) in [5, 5.41) is 0. The summed E-state index contributed by atoms with van der Waals surface area (Å²) in [7, 11) is 0. The Morgan fingerprint density at radius 1 is 0.923 bits per heavy atom. The molecule has 3 unspecified atom stereocenters. The molecule has 0 saturated heterocycles. The Kier molecular flexibility index (Phi) is 11.2. The van der Waals surface area contributed by atoms with E-state index in [1.54, 1.807) is 5.57 Å². The van der Waals surface area contributed by atoms with Gasteiger partial charge in [-0.2, -0.15) is 0 Å². The second kappa shape index (κ2) is 12.2. The lowest BCUT2D eigenvalue weighted by Gasteiger charge is -2.34. The monoisotopic (exact) mass is 362 g/mol. The van der Waals surface area contributed by atoms with Crippen LogP contribution >= 0.6 is 0 Å². The highest BCUT2D eigenvalue weighted by molar-refractivity contribution is 4.94. The van der Waals surface area contributed by atoms with Gasteiger partial charge in [-0.3, -0.25) is 0 Å². The third kappa shape index (κ3) is 9.61. The van der Waals surface area contributed by atoms with Gasteiger partial charge >= 0.3 is 0 Å². The van der Waals surface area contributed by atoms with Crippen LogP contribution in [0.3, 0.4) is 0 Å². The molecule has 0 amide bonds. The van der Waals surface area contributed by atoms with Crippen molar-refractivity contribution in [3.63, 3.8) is 0 Å². The third-order valence-corrected chi connectivity index (χ3v) is 7.55. The standard InChI is InChI=1S/C26H50/c1-8-21(2)13-9-10-15-24(25-17-12-18-25)16-11-14-22(3)19-20-23(4)26(5,6)7/h8,22-25H,9-20H2,1-7H3. The van der Waals surface area contributed by atoms with Crippen LogP contribution in [0.25, 0.3) is 0 Å². The molecule has 3 atom stereocenters. The van der Waals surface area contributed by atoms with Crippen molar-refractivity contribution >= 4 is 0 Å². The van der Waals surface area contributed by atoms with E-state index in [4.69, 9.17) is 0 Å². The summed E-state index contributed by atoms with van der Waals surface area (Å²) in [5.41, 5.74) is 2.05. The lowest BCUT2D eigenvalue weighted by atomic mass is 9.71. The summed E-state index contributed by atoms with van der Waals surface area (Å²) in [5.74, 6) is 3.87. The van der Waals surface area contributed by atoms with E-state index in [0.29, 0.717) is 5.41 Å². The Hall–Kier alpha value is -0.260. The Balaban J connectivity index is 2.22. The van der Waals surface area contributed by atoms with Crippen molar-refractivity contribution in [3.8, 4) is 0 Å². The van der Waals surface area contributed by atoms with Crippen LogP contribution in [0.15, 0.2) is 11.6 Å². The van der Waals surface area contributed by atoms with E-state index in [9.17, 15) is 0 Å². The van der Waals surface area contributed by atoms with Crippen molar-refractivity contribution in [1.82, 2.24) is 0 Å². The summed E-state index contributed by atoms with van der Waals surface area (Å²) in [6, 6.07) is 0. The van der Waals surface area contributed by atoms with Gasteiger partial charge in [-0.1, -0.05) is 104 Å². The van der Waals surface area contributed by atoms with Gasteiger partial charge < -0.3 is 0 Å². The number of rotatable bonds is 13. The highest BCUT2D eigenvalue weighted by Gasteiger charge is 2.26. The highest BCUT2D eigenvalue weighted by Crippen LogP contribution is 2.39. The highest BCUT2D eigenvalue weighted by atomic mass is 14.3.